The molecular formula is C21H23F4N5O4. The largest absolute Gasteiger partial charge is 0.444 e. The first-order chi connectivity index (χ1) is 15.9. The Labute approximate surface area is 191 Å². The average molecular weight is 485 g/mol. The van der Waals surface area contributed by atoms with E-state index in [0.717, 1.165) is 4.90 Å². The third-order valence-electron chi connectivity index (χ3n) is 5.53. The second kappa shape index (κ2) is 8.51. The number of fused-ring (bicyclic) bond motifs is 1. The number of halogens is 4. The monoisotopic (exact) mass is 485 g/mol. The van der Waals surface area contributed by atoms with Crippen LogP contribution in [0.5, 0.6) is 0 Å². The lowest BCUT2D eigenvalue weighted by molar-refractivity contribution is -0.108. The highest BCUT2D eigenvalue weighted by molar-refractivity contribution is 5.99. The number of hydrogen-bond acceptors (Lipinski definition) is 7. The van der Waals surface area contributed by atoms with E-state index in [9.17, 15) is 18.4 Å². The first kappa shape index (κ1) is 23.9. The van der Waals surface area contributed by atoms with Crippen LogP contribution in [-0.2, 0) is 11.3 Å². The highest BCUT2D eigenvalue weighted by atomic mass is 19.3. The minimum absolute atomic E-state index is 0.0201. The first-order valence-electron chi connectivity index (χ1n) is 10.6. The van der Waals surface area contributed by atoms with E-state index in [1.54, 1.807) is 20.8 Å². The predicted molar refractivity (Wildman–Crippen MR) is 108 cm³/mol. The Morgan fingerprint density at radius 1 is 1.32 bits per heavy atom. The van der Waals surface area contributed by atoms with Gasteiger partial charge in [-0.3, -0.25) is 9.78 Å². The molecular weight excluding hydrogens is 462 g/mol. The molecule has 2 aliphatic rings. The van der Waals surface area contributed by atoms with Crippen LogP contribution >= 0.6 is 0 Å². The average Bonchev–Trinajstić information content (AvgIpc) is 3.32. The van der Waals surface area contributed by atoms with Gasteiger partial charge in [0.15, 0.2) is 0 Å². The quantitative estimate of drug-likeness (QED) is 0.649. The normalized spacial score (nSPS) is 22.1. The van der Waals surface area contributed by atoms with Crippen LogP contribution in [0.2, 0.25) is 0 Å². The molecule has 13 heteroatoms. The van der Waals surface area contributed by atoms with Crippen LogP contribution in [0.3, 0.4) is 0 Å². The van der Waals surface area contributed by atoms with Crippen molar-refractivity contribution in [3.63, 3.8) is 0 Å². The smallest absolute Gasteiger partial charge is 0.407 e. The third-order valence-corrected chi connectivity index (χ3v) is 5.53. The molecule has 0 aromatic carbocycles. The Morgan fingerprint density at radius 3 is 2.71 bits per heavy atom. The molecule has 3 heterocycles. The number of ether oxygens (including phenoxy) is 1. The van der Waals surface area contributed by atoms with Crippen LogP contribution in [0.15, 0.2) is 16.7 Å². The highest BCUT2D eigenvalue weighted by Crippen LogP contribution is 2.40. The van der Waals surface area contributed by atoms with Gasteiger partial charge in [0, 0.05) is 12.6 Å². The molecule has 1 fully saturated rings. The second-order valence-corrected chi connectivity index (χ2v) is 9.25. The van der Waals surface area contributed by atoms with E-state index in [0.29, 0.717) is 0 Å². The predicted octanol–water partition coefficient (Wildman–Crippen LogP) is 4.11. The second-order valence-electron chi connectivity index (χ2n) is 9.25. The van der Waals surface area contributed by atoms with E-state index in [4.69, 9.17) is 9.15 Å². The SMILES string of the molecule is CC(C)(C)OC(=O)N[C@@H]1CCCC(F)(F)[C@H]1N1Cc2ncc(-c3nnc(C(F)F)o3)cc2C1=O. The summed E-state index contributed by atoms with van der Waals surface area (Å²) < 4.78 is 65.7. The topological polar surface area (TPSA) is 110 Å². The fourth-order valence-electron chi connectivity index (χ4n) is 4.19. The molecule has 1 aliphatic carbocycles. The lowest BCUT2D eigenvalue weighted by Gasteiger charge is -2.43. The van der Waals surface area contributed by atoms with Gasteiger partial charge in [0.25, 0.3) is 17.7 Å². The summed E-state index contributed by atoms with van der Waals surface area (Å²) in [6, 6.07) is -1.36. The van der Waals surface area contributed by atoms with Crippen molar-refractivity contribution in [2.75, 3.05) is 0 Å². The van der Waals surface area contributed by atoms with E-state index < -0.39 is 54.3 Å². The summed E-state index contributed by atoms with van der Waals surface area (Å²) in [5, 5.41) is 9.25. The van der Waals surface area contributed by atoms with Crippen LogP contribution in [-0.4, -0.2) is 55.7 Å². The number of rotatable bonds is 4. The van der Waals surface area contributed by atoms with Gasteiger partial charge in [-0.1, -0.05) is 0 Å². The van der Waals surface area contributed by atoms with Crippen molar-refractivity contribution in [1.82, 2.24) is 25.4 Å². The van der Waals surface area contributed by atoms with E-state index in [-0.39, 0.29) is 42.1 Å². The zero-order valence-corrected chi connectivity index (χ0v) is 18.6. The lowest BCUT2D eigenvalue weighted by Crippen LogP contribution is -2.62. The number of alkyl halides is 4. The summed E-state index contributed by atoms with van der Waals surface area (Å²) in [4.78, 5) is 30.6. The number of amides is 2. The minimum Gasteiger partial charge on any atom is -0.444 e. The van der Waals surface area contributed by atoms with Crippen molar-refractivity contribution in [2.24, 2.45) is 0 Å². The van der Waals surface area contributed by atoms with Crippen LogP contribution in [0.25, 0.3) is 11.5 Å². The summed E-state index contributed by atoms with van der Waals surface area (Å²) in [6.07, 6.45) is -2.63. The molecule has 184 valence electrons. The molecule has 0 radical (unpaired) electrons. The fourth-order valence-corrected chi connectivity index (χ4v) is 4.19. The van der Waals surface area contributed by atoms with Crippen molar-refractivity contribution in [1.29, 1.82) is 0 Å². The Hall–Kier alpha value is -3.25. The molecule has 0 unspecified atom stereocenters. The maximum atomic E-state index is 15.1. The summed E-state index contributed by atoms with van der Waals surface area (Å²) in [6.45, 7) is 4.75. The van der Waals surface area contributed by atoms with Gasteiger partial charge >= 0.3 is 12.5 Å². The van der Waals surface area contributed by atoms with Gasteiger partial charge in [-0.15, -0.1) is 10.2 Å². The van der Waals surface area contributed by atoms with Crippen molar-refractivity contribution < 1.29 is 36.3 Å². The number of alkyl carbamates (subject to hydrolysis) is 1. The molecule has 2 aromatic rings. The fraction of sp³-hybridized carbons (Fsp3) is 0.571. The van der Waals surface area contributed by atoms with Crippen LogP contribution in [0.4, 0.5) is 22.4 Å². The standard InChI is InChI=1S/C21H23F4N5O4/c1-20(2,3)34-19(32)27-12-5-4-6-21(24,25)14(12)30-9-13-11(18(30)31)7-10(8-26-13)16-28-29-17(33-16)15(22)23/h7-8,12,14-15H,4-6,9H2,1-3H3,(H,27,32)/t12-,14+/m1/s1. The highest BCUT2D eigenvalue weighted by Gasteiger charge is 2.54. The van der Waals surface area contributed by atoms with Gasteiger partial charge in [0.05, 0.1) is 29.4 Å². The van der Waals surface area contributed by atoms with Crippen LogP contribution < -0.4 is 5.32 Å². The maximum Gasteiger partial charge on any atom is 0.407 e. The number of carbonyl (C=O) groups excluding carboxylic acids is 2. The molecule has 1 aliphatic heterocycles. The molecule has 9 nitrogen and oxygen atoms in total. The van der Waals surface area contributed by atoms with E-state index in [1.807, 2.05) is 0 Å². The maximum absolute atomic E-state index is 15.1. The van der Waals surface area contributed by atoms with E-state index in [1.165, 1.54) is 12.3 Å². The zero-order valence-electron chi connectivity index (χ0n) is 18.6. The Bertz CT molecular complexity index is 1100. The molecule has 2 amide bonds. The lowest BCUT2D eigenvalue weighted by atomic mass is 9.85. The van der Waals surface area contributed by atoms with Crippen molar-refractivity contribution in [3.8, 4) is 11.5 Å². The summed E-state index contributed by atoms with van der Waals surface area (Å²) in [5.74, 6) is -5.15. The Balaban J connectivity index is 1.59. The summed E-state index contributed by atoms with van der Waals surface area (Å²) in [7, 11) is 0. The van der Waals surface area contributed by atoms with Gasteiger partial charge in [0.1, 0.15) is 11.6 Å². The van der Waals surface area contributed by atoms with Gasteiger partial charge < -0.3 is 19.4 Å². The van der Waals surface area contributed by atoms with Gasteiger partial charge in [0.2, 0.25) is 5.89 Å². The van der Waals surface area contributed by atoms with Crippen LogP contribution in [0, 0.1) is 0 Å². The number of pyridine rings is 1. The van der Waals surface area contributed by atoms with Crippen LogP contribution in [0.1, 0.15) is 68.4 Å². The molecule has 0 bridgehead atoms. The molecule has 0 saturated heterocycles. The molecule has 0 spiro atoms. The summed E-state index contributed by atoms with van der Waals surface area (Å²) in [5.41, 5.74) is -0.464. The molecule has 1 saturated carbocycles. The van der Waals surface area contributed by atoms with E-state index in [2.05, 4.69) is 20.5 Å². The van der Waals surface area contributed by atoms with E-state index >= 15 is 8.78 Å². The number of aromatic nitrogens is 3. The van der Waals surface area contributed by atoms with Gasteiger partial charge in [-0.25, -0.2) is 13.6 Å². The summed E-state index contributed by atoms with van der Waals surface area (Å²) >= 11 is 0. The van der Waals surface area contributed by atoms with Gasteiger partial charge in [-0.05, 0) is 39.7 Å². The third kappa shape index (κ3) is 4.68. The van der Waals surface area contributed by atoms with Crippen molar-refractivity contribution in [3.05, 3.63) is 29.4 Å². The number of nitrogens with zero attached hydrogens (tertiary/aromatic N) is 4. The number of hydrogen-bond donors (Lipinski definition) is 1. The molecule has 1 N–H and O–H groups in total. The number of carbonyl (C=O) groups is 2. The van der Waals surface area contributed by atoms with Gasteiger partial charge in [-0.2, -0.15) is 8.78 Å². The number of nitrogens with one attached hydrogen (secondary N) is 1. The Kier molecular flexibility index (Phi) is 5.98. The molecule has 34 heavy (non-hydrogen) atoms. The zero-order chi connectivity index (χ0) is 24.8. The molecule has 2 atom stereocenters. The first-order valence-corrected chi connectivity index (χ1v) is 10.6. The van der Waals surface area contributed by atoms with Crippen molar-refractivity contribution >= 4 is 12.0 Å². The molecule has 2 aromatic heterocycles. The molecule has 4 rings (SSSR count). The minimum atomic E-state index is -3.27. The Morgan fingerprint density at radius 2 is 2.06 bits per heavy atom. The van der Waals surface area contributed by atoms with Crippen molar-refractivity contribution in [2.45, 2.75) is 76.6 Å².